The number of carboxylic acids is 1. The summed E-state index contributed by atoms with van der Waals surface area (Å²) in [5.41, 5.74) is -1.44. The Morgan fingerprint density at radius 3 is 2.21 bits per heavy atom. The fraction of sp³-hybridized carbons (Fsp3) is 0.875. The van der Waals surface area contributed by atoms with Gasteiger partial charge in [-0.1, -0.05) is 0 Å². The molecule has 3 nitrogen and oxygen atoms in total. The molecule has 0 aromatic rings. The van der Waals surface area contributed by atoms with Crippen molar-refractivity contribution in [2.45, 2.75) is 31.9 Å². The average Bonchev–Trinajstić information content (AvgIpc) is 1.96. The van der Waals surface area contributed by atoms with Crippen molar-refractivity contribution in [1.82, 2.24) is 5.32 Å². The van der Waals surface area contributed by atoms with Crippen LogP contribution in [-0.4, -0.2) is 35.8 Å². The minimum atomic E-state index is -3.79. The lowest BCUT2D eigenvalue weighted by Crippen LogP contribution is -2.40. The van der Waals surface area contributed by atoms with Gasteiger partial charge in [0.25, 0.3) is 0 Å². The predicted molar refractivity (Wildman–Crippen MR) is 45.3 cm³/mol. The lowest BCUT2D eigenvalue weighted by atomic mass is 10.1. The van der Waals surface area contributed by atoms with Crippen LogP contribution >= 0.6 is 0 Å². The molecule has 84 valence electrons. The third-order valence-electron chi connectivity index (χ3n) is 1.56. The number of carboxylic acid groups (broad SMARTS) is 1. The normalized spacial score (nSPS) is 12.9. The molecule has 0 aromatic heterocycles. The fourth-order valence-electron chi connectivity index (χ4n) is 0.707. The standard InChI is InChI=1S/C8H14F3NO2/c1-7(2,9)3-4-12-5-8(10,11)6(13)14/h12H,3-5H2,1-2H3,(H,13,14). The first-order valence-electron chi connectivity index (χ1n) is 4.16. The Bertz CT molecular complexity index is 201. The summed E-state index contributed by atoms with van der Waals surface area (Å²) < 4.78 is 37.6. The zero-order chi connectivity index (χ0) is 11.4. The minimum Gasteiger partial charge on any atom is -0.477 e. The SMILES string of the molecule is CC(C)(F)CCNCC(F)(F)C(=O)O. The second-order valence-corrected chi connectivity index (χ2v) is 3.66. The summed E-state index contributed by atoms with van der Waals surface area (Å²) in [4.78, 5) is 9.95. The molecule has 0 fully saturated rings. The van der Waals surface area contributed by atoms with Crippen LogP contribution in [0.15, 0.2) is 0 Å². The minimum absolute atomic E-state index is 0.0202. The van der Waals surface area contributed by atoms with E-state index < -0.39 is 24.1 Å². The summed E-state index contributed by atoms with van der Waals surface area (Å²) in [6.45, 7) is 1.69. The predicted octanol–water partition coefficient (Wildman–Crippen LogP) is 1.43. The Labute approximate surface area is 80.3 Å². The molecular weight excluding hydrogens is 199 g/mol. The maximum Gasteiger partial charge on any atom is 0.375 e. The Hall–Kier alpha value is -0.780. The molecule has 0 bridgehead atoms. The molecule has 0 amide bonds. The molecule has 0 heterocycles. The van der Waals surface area contributed by atoms with Crippen LogP contribution in [0.2, 0.25) is 0 Å². The zero-order valence-corrected chi connectivity index (χ0v) is 8.11. The van der Waals surface area contributed by atoms with Crippen LogP contribution in [0.4, 0.5) is 13.2 Å². The van der Waals surface area contributed by atoms with E-state index in [4.69, 9.17) is 5.11 Å². The van der Waals surface area contributed by atoms with Crippen molar-refractivity contribution in [3.8, 4) is 0 Å². The summed E-state index contributed by atoms with van der Waals surface area (Å²) in [5, 5.41) is 10.2. The number of rotatable bonds is 6. The molecule has 2 N–H and O–H groups in total. The van der Waals surface area contributed by atoms with E-state index in [9.17, 15) is 18.0 Å². The van der Waals surface area contributed by atoms with E-state index in [-0.39, 0.29) is 13.0 Å². The maximum atomic E-state index is 12.8. The van der Waals surface area contributed by atoms with Gasteiger partial charge in [-0.3, -0.25) is 0 Å². The van der Waals surface area contributed by atoms with E-state index in [1.807, 2.05) is 0 Å². The van der Waals surface area contributed by atoms with Gasteiger partial charge in [0.15, 0.2) is 0 Å². The lowest BCUT2D eigenvalue weighted by molar-refractivity contribution is -0.164. The number of hydrogen-bond donors (Lipinski definition) is 2. The molecule has 14 heavy (non-hydrogen) atoms. The van der Waals surface area contributed by atoms with Crippen LogP contribution in [0.25, 0.3) is 0 Å². The van der Waals surface area contributed by atoms with Crippen LogP contribution in [0, 0.1) is 0 Å². The monoisotopic (exact) mass is 213 g/mol. The first-order valence-corrected chi connectivity index (χ1v) is 4.16. The summed E-state index contributed by atoms with van der Waals surface area (Å²) in [6.07, 6.45) is 0.0582. The van der Waals surface area contributed by atoms with Gasteiger partial charge in [0.1, 0.15) is 5.67 Å². The molecule has 0 rings (SSSR count). The zero-order valence-electron chi connectivity index (χ0n) is 8.11. The van der Waals surface area contributed by atoms with Crippen molar-refractivity contribution in [3.63, 3.8) is 0 Å². The molecule has 0 saturated heterocycles. The Kier molecular flexibility index (Phi) is 4.38. The number of alkyl halides is 3. The third kappa shape index (κ3) is 5.80. The van der Waals surface area contributed by atoms with Crippen molar-refractivity contribution in [1.29, 1.82) is 0 Å². The molecule has 0 aliphatic carbocycles. The van der Waals surface area contributed by atoms with Gasteiger partial charge in [-0.25, -0.2) is 9.18 Å². The smallest absolute Gasteiger partial charge is 0.375 e. The molecule has 0 atom stereocenters. The molecule has 6 heteroatoms. The van der Waals surface area contributed by atoms with E-state index in [2.05, 4.69) is 5.32 Å². The van der Waals surface area contributed by atoms with Crippen molar-refractivity contribution in [2.24, 2.45) is 0 Å². The highest BCUT2D eigenvalue weighted by atomic mass is 19.3. The number of carbonyl (C=O) groups is 1. The largest absolute Gasteiger partial charge is 0.477 e. The van der Waals surface area contributed by atoms with E-state index >= 15 is 0 Å². The van der Waals surface area contributed by atoms with Gasteiger partial charge in [0, 0.05) is 0 Å². The highest BCUT2D eigenvalue weighted by Crippen LogP contribution is 2.14. The van der Waals surface area contributed by atoms with Gasteiger partial charge >= 0.3 is 11.9 Å². The number of aliphatic carboxylic acids is 1. The summed E-state index contributed by atoms with van der Waals surface area (Å²) in [5.74, 6) is -5.97. The molecule has 0 aliphatic heterocycles. The Balaban J connectivity index is 3.70. The summed E-state index contributed by atoms with van der Waals surface area (Å²) in [7, 11) is 0. The van der Waals surface area contributed by atoms with E-state index in [0.717, 1.165) is 0 Å². The summed E-state index contributed by atoms with van der Waals surface area (Å²) in [6, 6.07) is 0. The van der Waals surface area contributed by atoms with Crippen molar-refractivity contribution < 1.29 is 23.1 Å². The third-order valence-corrected chi connectivity index (χ3v) is 1.56. The van der Waals surface area contributed by atoms with Crippen LogP contribution in [0.5, 0.6) is 0 Å². The van der Waals surface area contributed by atoms with Crippen LogP contribution < -0.4 is 5.32 Å². The van der Waals surface area contributed by atoms with Crippen LogP contribution in [0.1, 0.15) is 20.3 Å². The first kappa shape index (κ1) is 13.2. The van der Waals surface area contributed by atoms with Crippen molar-refractivity contribution >= 4 is 5.97 Å². The quantitative estimate of drug-likeness (QED) is 0.656. The molecule has 0 aromatic carbocycles. The van der Waals surface area contributed by atoms with Crippen molar-refractivity contribution in [3.05, 3.63) is 0 Å². The first-order chi connectivity index (χ1) is 6.15. The van der Waals surface area contributed by atoms with Crippen LogP contribution in [0.3, 0.4) is 0 Å². The lowest BCUT2D eigenvalue weighted by Gasteiger charge is -2.16. The molecule has 0 radical (unpaired) electrons. The van der Waals surface area contributed by atoms with Gasteiger partial charge < -0.3 is 10.4 Å². The molecular formula is C8H14F3NO2. The van der Waals surface area contributed by atoms with E-state index in [0.29, 0.717) is 0 Å². The van der Waals surface area contributed by atoms with Gasteiger partial charge in [0.2, 0.25) is 0 Å². The molecule has 0 aliphatic rings. The number of nitrogens with one attached hydrogen (secondary N) is 1. The Morgan fingerprint density at radius 1 is 1.36 bits per heavy atom. The van der Waals surface area contributed by atoms with Gasteiger partial charge in [-0.15, -0.1) is 0 Å². The average molecular weight is 213 g/mol. The highest BCUT2D eigenvalue weighted by Gasteiger charge is 2.38. The molecule has 0 spiro atoms. The highest BCUT2D eigenvalue weighted by molar-refractivity contribution is 5.75. The number of halogens is 3. The van der Waals surface area contributed by atoms with Gasteiger partial charge in [0.05, 0.1) is 6.54 Å². The molecule has 0 saturated carbocycles. The molecule has 0 unspecified atom stereocenters. The van der Waals surface area contributed by atoms with E-state index in [1.165, 1.54) is 13.8 Å². The Morgan fingerprint density at radius 2 is 1.86 bits per heavy atom. The topological polar surface area (TPSA) is 49.3 Å². The second-order valence-electron chi connectivity index (χ2n) is 3.66. The summed E-state index contributed by atoms with van der Waals surface area (Å²) >= 11 is 0. The maximum absolute atomic E-state index is 12.8. The van der Waals surface area contributed by atoms with Gasteiger partial charge in [-0.2, -0.15) is 8.78 Å². The fourth-order valence-corrected chi connectivity index (χ4v) is 0.707. The van der Waals surface area contributed by atoms with Gasteiger partial charge in [-0.05, 0) is 26.8 Å². The van der Waals surface area contributed by atoms with E-state index in [1.54, 1.807) is 0 Å². The van der Waals surface area contributed by atoms with Crippen molar-refractivity contribution in [2.75, 3.05) is 13.1 Å². The second kappa shape index (κ2) is 4.63. The number of hydrogen-bond acceptors (Lipinski definition) is 2. The van der Waals surface area contributed by atoms with Crippen LogP contribution in [-0.2, 0) is 4.79 Å².